The van der Waals surface area contributed by atoms with Gasteiger partial charge in [-0.05, 0) is 31.5 Å². The van der Waals surface area contributed by atoms with Crippen molar-refractivity contribution in [2.45, 2.75) is 25.8 Å². The molecule has 1 aliphatic heterocycles. The largest absolute Gasteiger partial charge is 0.382 e. The Kier molecular flexibility index (Phi) is 4.37. The fourth-order valence-corrected chi connectivity index (χ4v) is 2.71. The van der Waals surface area contributed by atoms with Gasteiger partial charge in [-0.25, -0.2) is 0 Å². The molecular formula is C14H23N5. The van der Waals surface area contributed by atoms with E-state index in [1.807, 2.05) is 12.1 Å². The van der Waals surface area contributed by atoms with Crippen molar-refractivity contribution in [3.05, 3.63) is 24.0 Å². The highest BCUT2D eigenvalue weighted by molar-refractivity contribution is 5.98. The zero-order chi connectivity index (χ0) is 13.8. The molecule has 0 bridgehead atoms. The molecule has 5 heteroatoms. The molecule has 19 heavy (non-hydrogen) atoms. The number of anilines is 1. The van der Waals surface area contributed by atoms with Crippen LogP contribution in [0.4, 0.5) is 5.69 Å². The average molecular weight is 261 g/mol. The predicted molar refractivity (Wildman–Crippen MR) is 78.8 cm³/mol. The van der Waals surface area contributed by atoms with Crippen molar-refractivity contribution in [3.8, 4) is 0 Å². The SMILES string of the molecule is CCN1CCC(N(C)c2cccnc2C(=N)N)CC1. The van der Waals surface area contributed by atoms with Crippen LogP contribution < -0.4 is 10.6 Å². The van der Waals surface area contributed by atoms with Crippen LogP contribution in [0.1, 0.15) is 25.5 Å². The van der Waals surface area contributed by atoms with Crippen LogP contribution in [0.25, 0.3) is 0 Å². The van der Waals surface area contributed by atoms with Crippen molar-refractivity contribution < 1.29 is 0 Å². The van der Waals surface area contributed by atoms with E-state index in [1.54, 1.807) is 6.20 Å². The first-order valence-electron chi connectivity index (χ1n) is 6.88. The number of nitrogens with two attached hydrogens (primary N) is 1. The second-order valence-corrected chi connectivity index (χ2v) is 5.06. The Morgan fingerprint density at radius 3 is 2.79 bits per heavy atom. The smallest absolute Gasteiger partial charge is 0.143 e. The van der Waals surface area contributed by atoms with Crippen LogP contribution >= 0.6 is 0 Å². The summed E-state index contributed by atoms with van der Waals surface area (Å²) in [7, 11) is 2.08. The Balaban J connectivity index is 2.12. The van der Waals surface area contributed by atoms with Gasteiger partial charge in [0.1, 0.15) is 11.5 Å². The molecule has 1 aliphatic rings. The molecule has 0 atom stereocenters. The summed E-state index contributed by atoms with van der Waals surface area (Å²) in [6.45, 7) is 5.61. The summed E-state index contributed by atoms with van der Waals surface area (Å²) in [6, 6.07) is 4.40. The second-order valence-electron chi connectivity index (χ2n) is 5.06. The lowest BCUT2D eigenvalue weighted by molar-refractivity contribution is 0.221. The van der Waals surface area contributed by atoms with Crippen molar-refractivity contribution >= 4 is 11.5 Å². The minimum atomic E-state index is 0.0356. The number of rotatable bonds is 4. The van der Waals surface area contributed by atoms with Crippen molar-refractivity contribution in [3.63, 3.8) is 0 Å². The van der Waals surface area contributed by atoms with Gasteiger partial charge in [0, 0.05) is 32.4 Å². The van der Waals surface area contributed by atoms with E-state index in [1.165, 1.54) is 0 Å². The van der Waals surface area contributed by atoms with Gasteiger partial charge in [0.2, 0.25) is 0 Å². The van der Waals surface area contributed by atoms with Crippen molar-refractivity contribution in [1.82, 2.24) is 9.88 Å². The fourth-order valence-electron chi connectivity index (χ4n) is 2.71. The number of hydrogen-bond donors (Lipinski definition) is 2. The first-order valence-corrected chi connectivity index (χ1v) is 6.88. The summed E-state index contributed by atoms with van der Waals surface area (Å²) in [5, 5.41) is 7.63. The Bertz CT molecular complexity index is 437. The Hall–Kier alpha value is -1.62. The van der Waals surface area contributed by atoms with Crippen LogP contribution in [0.5, 0.6) is 0 Å². The number of nitrogens with zero attached hydrogens (tertiary/aromatic N) is 3. The molecule has 0 amide bonds. The van der Waals surface area contributed by atoms with E-state index in [9.17, 15) is 0 Å². The molecule has 0 spiro atoms. The van der Waals surface area contributed by atoms with Gasteiger partial charge in [-0.1, -0.05) is 6.92 Å². The van der Waals surface area contributed by atoms with Crippen molar-refractivity contribution in [1.29, 1.82) is 5.41 Å². The van der Waals surface area contributed by atoms with Gasteiger partial charge in [-0.3, -0.25) is 10.4 Å². The number of amidine groups is 1. The van der Waals surface area contributed by atoms with Crippen LogP contribution in [0.15, 0.2) is 18.3 Å². The lowest BCUT2D eigenvalue weighted by Crippen LogP contribution is -2.43. The average Bonchev–Trinajstić information content (AvgIpc) is 2.46. The Morgan fingerprint density at radius 2 is 2.21 bits per heavy atom. The number of likely N-dealkylation sites (tertiary alicyclic amines) is 1. The fraction of sp³-hybridized carbons (Fsp3) is 0.571. The lowest BCUT2D eigenvalue weighted by Gasteiger charge is -2.37. The molecule has 0 radical (unpaired) electrons. The molecule has 1 aromatic rings. The van der Waals surface area contributed by atoms with E-state index in [2.05, 4.69) is 28.8 Å². The molecule has 0 aromatic carbocycles. The van der Waals surface area contributed by atoms with E-state index in [4.69, 9.17) is 11.1 Å². The van der Waals surface area contributed by atoms with Gasteiger partial charge < -0.3 is 15.5 Å². The van der Waals surface area contributed by atoms with Crippen LogP contribution in [0.3, 0.4) is 0 Å². The third-order valence-electron chi connectivity index (χ3n) is 3.97. The Labute approximate surface area is 114 Å². The van der Waals surface area contributed by atoms with Crippen LogP contribution in [0.2, 0.25) is 0 Å². The molecule has 1 fully saturated rings. The number of nitrogens with one attached hydrogen (secondary N) is 1. The minimum absolute atomic E-state index is 0.0356. The maximum atomic E-state index is 7.63. The third kappa shape index (κ3) is 3.04. The number of piperidine rings is 1. The maximum Gasteiger partial charge on any atom is 0.143 e. The second kappa shape index (κ2) is 6.02. The van der Waals surface area contributed by atoms with E-state index in [0.29, 0.717) is 11.7 Å². The summed E-state index contributed by atoms with van der Waals surface area (Å²) >= 11 is 0. The minimum Gasteiger partial charge on any atom is -0.382 e. The maximum absolute atomic E-state index is 7.63. The van der Waals surface area contributed by atoms with Gasteiger partial charge in [0.15, 0.2) is 0 Å². The molecule has 0 aliphatic carbocycles. The first kappa shape index (κ1) is 13.8. The van der Waals surface area contributed by atoms with Crippen LogP contribution in [-0.2, 0) is 0 Å². The molecule has 3 N–H and O–H groups in total. The number of hydrogen-bond acceptors (Lipinski definition) is 4. The van der Waals surface area contributed by atoms with Gasteiger partial charge in [-0.15, -0.1) is 0 Å². The van der Waals surface area contributed by atoms with E-state index < -0.39 is 0 Å². The highest BCUT2D eigenvalue weighted by Crippen LogP contribution is 2.24. The lowest BCUT2D eigenvalue weighted by atomic mass is 10.0. The monoisotopic (exact) mass is 261 g/mol. The predicted octanol–water partition coefficient (Wildman–Crippen LogP) is 1.29. The van der Waals surface area contributed by atoms with Crippen LogP contribution in [0, 0.1) is 5.41 Å². The summed E-state index contributed by atoms with van der Waals surface area (Å²) in [4.78, 5) is 8.93. The van der Waals surface area contributed by atoms with Gasteiger partial charge in [-0.2, -0.15) is 0 Å². The topological polar surface area (TPSA) is 69.2 Å². The van der Waals surface area contributed by atoms with Crippen molar-refractivity contribution in [2.75, 3.05) is 31.6 Å². The number of aromatic nitrogens is 1. The molecule has 104 valence electrons. The molecule has 0 saturated carbocycles. The number of nitrogen functional groups attached to an aromatic ring is 1. The quantitative estimate of drug-likeness (QED) is 0.633. The van der Waals surface area contributed by atoms with E-state index in [0.717, 1.165) is 38.2 Å². The van der Waals surface area contributed by atoms with E-state index in [-0.39, 0.29) is 5.84 Å². The van der Waals surface area contributed by atoms with Crippen LogP contribution in [-0.4, -0.2) is 48.4 Å². The molecule has 0 unspecified atom stereocenters. The summed E-state index contributed by atoms with van der Waals surface area (Å²) < 4.78 is 0. The highest BCUT2D eigenvalue weighted by atomic mass is 15.2. The summed E-state index contributed by atoms with van der Waals surface area (Å²) in [6.07, 6.45) is 3.99. The summed E-state index contributed by atoms with van der Waals surface area (Å²) in [5.41, 5.74) is 7.16. The van der Waals surface area contributed by atoms with Crippen molar-refractivity contribution in [2.24, 2.45) is 5.73 Å². The molecule has 1 aromatic heterocycles. The standard InChI is InChI=1S/C14H23N5/c1-3-19-9-6-11(7-10-19)18(2)12-5-4-8-17-13(12)14(15)16/h4-5,8,11H,3,6-7,9-10H2,1-2H3,(H3,15,16). The number of pyridine rings is 1. The Morgan fingerprint density at radius 1 is 1.53 bits per heavy atom. The van der Waals surface area contributed by atoms with Gasteiger partial charge in [0.05, 0.1) is 5.69 Å². The van der Waals surface area contributed by atoms with Gasteiger partial charge in [0.25, 0.3) is 0 Å². The molecule has 1 saturated heterocycles. The first-order chi connectivity index (χ1) is 9.13. The normalized spacial score (nSPS) is 17.4. The zero-order valence-electron chi connectivity index (χ0n) is 11.8. The van der Waals surface area contributed by atoms with Gasteiger partial charge >= 0.3 is 0 Å². The molecule has 5 nitrogen and oxygen atoms in total. The molecule has 2 heterocycles. The summed E-state index contributed by atoms with van der Waals surface area (Å²) in [5.74, 6) is 0.0356. The molecular weight excluding hydrogens is 238 g/mol. The zero-order valence-corrected chi connectivity index (χ0v) is 11.8. The third-order valence-corrected chi connectivity index (χ3v) is 3.97. The highest BCUT2D eigenvalue weighted by Gasteiger charge is 2.23. The molecule has 2 rings (SSSR count). The van der Waals surface area contributed by atoms with E-state index >= 15 is 0 Å².